The summed E-state index contributed by atoms with van der Waals surface area (Å²) in [6, 6.07) is 0. The number of β-amino-alcohol motifs (C(OH)–C–C–N with tert-alkyl or cyclic N) is 1. The van der Waals surface area contributed by atoms with E-state index in [1.165, 1.54) is 0 Å². The minimum atomic E-state index is -0.411. The summed E-state index contributed by atoms with van der Waals surface area (Å²) >= 11 is 0. The molecule has 0 radical (unpaired) electrons. The number of aliphatic hydroxyl groups is 1. The Morgan fingerprint density at radius 3 is 2.70 bits per heavy atom. The van der Waals surface area contributed by atoms with Crippen LogP contribution in [0, 0.1) is 5.92 Å². The first-order valence-electron chi connectivity index (χ1n) is 3.38. The molecule has 0 bridgehead atoms. The average molecular weight is 144 g/mol. The molecule has 4 N–H and O–H groups in total. The Hall–Kier alpha value is -0.610. The van der Waals surface area contributed by atoms with Crippen LogP contribution >= 0.6 is 0 Å². The fraction of sp³-hybridized carbons (Fsp3) is 0.833. The van der Waals surface area contributed by atoms with Crippen molar-refractivity contribution in [2.24, 2.45) is 11.7 Å². The van der Waals surface area contributed by atoms with Gasteiger partial charge in [-0.15, -0.1) is 0 Å². The van der Waals surface area contributed by atoms with Gasteiger partial charge in [0.1, 0.15) is 0 Å². The molecule has 4 heteroatoms. The van der Waals surface area contributed by atoms with Crippen LogP contribution in [-0.2, 0) is 4.79 Å². The van der Waals surface area contributed by atoms with Crippen LogP contribution in [-0.4, -0.2) is 30.2 Å². The maximum absolute atomic E-state index is 10.6. The van der Waals surface area contributed by atoms with E-state index in [0.717, 1.165) is 0 Å². The number of carbonyl (C=O) groups is 1. The van der Waals surface area contributed by atoms with Gasteiger partial charge in [0.15, 0.2) is 0 Å². The fourth-order valence-electron chi connectivity index (χ4n) is 1.14. The molecule has 1 aliphatic rings. The zero-order valence-electron chi connectivity index (χ0n) is 5.71. The van der Waals surface area contributed by atoms with E-state index in [0.29, 0.717) is 19.5 Å². The van der Waals surface area contributed by atoms with Crippen LogP contribution in [0.2, 0.25) is 0 Å². The molecular weight excluding hydrogens is 132 g/mol. The molecule has 58 valence electrons. The number of piperidine rings is 1. The second-order valence-corrected chi connectivity index (χ2v) is 2.65. The molecule has 0 aromatic rings. The van der Waals surface area contributed by atoms with Gasteiger partial charge in [0.05, 0.1) is 12.0 Å². The minimum absolute atomic E-state index is 0.191. The van der Waals surface area contributed by atoms with Gasteiger partial charge >= 0.3 is 0 Å². The van der Waals surface area contributed by atoms with Gasteiger partial charge in [0.25, 0.3) is 0 Å². The van der Waals surface area contributed by atoms with Gasteiger partial charge in [-0.1, -0.05) is 0 Å². The van der Waals surface area contributed by atoms with E-state index in [9.17, 15) is 4.79 Å². The SMILES string of the molecule is NC(=O)C1CNCC(O)C1. The molecule has 4 nitrogen and oxygen atoms in total. The van der Waals surface area contributed by atoms with Crippen LogP contribution in [0.3, 0.4) is 0 Å². The smallest absolute Gasteiger partial charge is 0.221 e. The van der Waals surface area contributed by atoms with Crippen LogP contribution in [0.1, 0.15) is 6.42 Å². The quantitative estimate of drug-likeness (QED) is 0.416. The van der Waals surface area contributed by atoms with Crippen molar-refractivity contribution in [3.63, 3.8) is 0 Å². The van der Waals surface area contributed by atoms with Crippen molar-refractivity contribution in [1.82, 2.24) is 5.32 Å². The summed E-state index contributed by atoms with van der Waals surface area (Å²) < 4.78 is 0. The molecule has 0 aliphatic carbocycles. The maximum atomic E-state index is 10.6. The number of nitrogens with one attached hydrogen (secondary N) is 1. The first-order valence-corrected chi connectivity index (χ1v) is 3.38. The molecule has 1 saturated heterocycles. The van der Waals surface area contributed by atoms with Crippen LogP contribution < -0.4 is 11.1 Å². The molecule has 0 spiro atoms. The standard InChI is InChI=1S/C6H12N2O2/c7-6(10)4-1-5(9)3-8-2-4/h4-5,8-9H,1-3H2,(H2,7,10). The van der Waals surface area contributed by atoms with Crippen molar-refractivity contribution in [3.05, 3.63) is 0 Å². The third-order valence-corrected chi connectivity index (χ3v) is 1.73. The summed E-state index contributed by atoms with van der Waals surface area (Å²) in [6.45, 7) is 1.18. The van der Waals surface area contributed by atoms with Crippen molar-refractivity contribution in [1.29, 1.82) is 0 Å². The number of hydrogen-bond donors (Lipinski definition) is 3. The molecule has 1 aliphatic heterocycles. The third-order valence-electron chi connectivity index (χ3n) is 1.73. The van der Waals surface area contributed by atoms with E-state index in [1.54, 1.807) is 0 Å². The second-order valence-electron chi connectivity index (χ2n) is 2.65. The molecular formula is C6H12N2O2. The van der Waals surface area contributed by atoms with Gasteiger partial charge in [-0.3, -0.25) is 4.79 Å². The summed E-state index contributed by atoms with van der Waals surface area (Å²) in [7, 11) is 0. The molecule has 0 saturated carbocycles. The molecule has 1 rings (SSSR count). The lowest BCUT2D eigenvalue weighted by molar-refractivity contribution is -0.123. The Balaban J connectivity index is 2.39. The number of amides is 1. The van der Waals surface area contributed by atoms with Gasteiger partial charge in [-0.05, 0) is 6.42 Å². The predicted octanol–water partition coefficient (Wildman–Crippen LogP) is -1.56. The lowest BCUT2D eigenvalue weighted by atomic mass is 9.97. The largest absolute Gasteiger partial charge is 0.392 e. The summed E-state index contributed by atoms with van der Waals surface area (Å²) in [4.78, 5) is 10.6. The number of hydrogen-bond acceptors (Lipinski definition) is 3. The van der Waals surface area contributed by atoms with E-state index in [4.69, 9.17) is 10.8 Å². The molecule has 1 amide bonds. The molecule has 2 unspecified atom stereocenters. The van der Waals surface area contributed by atoms with Gasteiger partial charge in [0.2, 0.25) is 5.91 Å². The Labute approximate surface area is 59.4 Å². The summed E-state index contributed by atoms with van der Waals surface area (Å²) in [6.07, 6.45) is 0.0914. The van der Waals surface area contributed by atoms with Gasteiger partial charge in [-0.25, -0.2) is 0 Å². The van der Waals surface area contributed by atoms with Crippen molar-refractivity contribution in [2.45, 2.75) is 12.5 Å². The molecule has 0 aromatic heterocycles. The Morgan fingerprint density at radius 1 is 1.60 bits per heavy atom. The van der Waals surface area contributed by atoms with Crippen LogP contribution in [0.15, 0.2) is 0 Å². The van der Waals surface area contributed by atoms with Crippen molar-refractivity contribution in [3.8, 4) is 0 Å². The number of carbonyl (C=O) groups excluding carboxylic acids is 1. The van der Waals surface area contributed by atoms with Gasteiger partial charge in [0, 0.05) is 13.1 Å². The van der Waals surface area contributed by atoms with Gasteiger partial charge < -0.3 is 16.2 Å². The molecule has 10 heavy (non-hydrogen) atoms. The highest BCUT2D eigenvalue weighted by atomic mass is 16.3. The van der Waals surface area contributed by atoms with Crippen molar-refractivity contribution >= 4 is 5.91 Å². The van der Waals surface area contributed by atoms with E-state index in [-0.39, 0.29) is 11.8 Å². The zero-order valence-corrected chi connectivity index (χ0v) is 5.71. The molecule has 2 atom stereocenters. The fourth-order valence-corrected chi connectivity index (χ4v) is 1.14. The highest BCUT2D eigenvalue weighted by molar-refractivity contribution is 5.77. The van der Waals surface area contributed by atoms with Crippen LogP contribution in [0.5, 0.6) is 0 Å². The van der Waals surface area contributed by atoms with Gasteiger partial charge in [-0.2, -0.15) is 0 Å². The summed E-state index contributed by atoms with van der Waals surface area (Å²) in [5.74, 6) is -0.519. The van der Waals surface area contributed by atoms with Crippen molar-refractivity contribution in [2.75, 3.05) is 13.1 Å². The number of rotatable bonds is 1. The predicted molar refractivity (Wildman–Crippen MR) is 36.2 cm³/mol. The number of aliphatic hydroxyl groups excluding tert-OH is 1. The first-order chi connectivity index (χ1) is 4.70. The van der Waals surface area contributed by atoms with E-state index in [1.807, 2.05) is 0 Å². The Morgan fingerprint density at radius 2 is 2.30 bits per heavy atom. The van der Waals surface area contributed by atoms with E-state index < -0.39 is 6.10 Å². The maximum Gasteiger partial charge on any atom is 0.221 e. The first kappa shape index (κ1) is 7.50. The average Bonchev–Trinajstić information content (AvgIpc) is 1.88. The highest BCUT2D eigenvalue weighted by Crippen LogP contribution is 2.08. The monoisotopic (exact) mass is 144 g/mol. The topological polar surface area (TPSA) is 75.4 Å². The molecule has 0 aromatic carbocycles. The third kappa shape index (κ3) is 1.68. The molecule has 1 heterocycles. The lowest BCUT2D eigenvalue weighted by Crippen LogP contribution is -2.44. The second kappa shape index (κ2) is 2.98. The van der Waals surface area contributed by atoms with E-state index >= 15 is 0 Å². The summed E-state index contributed by atoms with van der Waals surface area (Å²) in [5, 5.41) is 12.0. The molecule has 1 fully saturated rings. The van der Waals surface area contributed by atoms with E-state index in [2.05, 4.69) is 5.32 Å². The minimum Gasteiger partial charge on any atom is -0.392 e. The zero-order chi connectivity index (χ0) is 7.56. The normalized spacial score (nSPS) is 33.7. The summed E-state index contributed by atoms with van der Waals surface area (Å²) in [5.41, 5.74) is 5.04. The Bertz CT molecular complexity index is 138. The Kier molecular flexibility index (Phi) is 2.24. The van der Waals surface area contributed by atoms with Crippen LogP contribution in [0.25, 0.3) is 0 Å². The highest BCUT2D eigenvalue weighted by Gasteiger charge is 2.23. The van der Waals surface area contributed by atoms with Crippen molar-refractivity contribution < 1.29 is 9.90 Å². The lowest BCUT2D eigenvalue weighted by Gasteiger charge is -2.24. The number of primary amides is 1. The van der Waals surface area contributed by atoms with Crippen LogP contribution in [0.4, 0.5) is 0 Å². The number of nitrogens with two attached hydrogens (primary N) is 1.